The van der Waals surface area contributed by atoms with Crippen molar-refractivity contribution in [3.8, 4) is 11.4 Å². The van der Waals surface area contributed by atoms with Gasteiger partial charge in [-0.1, -0.05) is 12.1 Å². The Balaban J connectivity index is 1.76. The molecule has 1 unspecified atom stereocenters. The highest BCUT2D eigenvalue weighted by atomic mass is 16.5. The summed E-state index contributed by atoms with van der Waals surface area (Å²) in [6.45, 7) is 4.53. The number of aromatic nitrogens is 4. The fraction of sp³-hybridized carbons (Fsp3) is 0.500. The van der Waals surface area contributed by atoms with E-state index in [-0.39, 0.29) is 0 Å². The van der Waals surface area contributed by atoms with Crippen LogP contribution in [0.4, 0.5) is 5.69 Å². The molecule has 1 atom stereocenters. The summed E-state index contributed by atoms with van der Waals surface area (Å²) in [6, 6.07) is 5.93. The summed E-state index contributed by atoms with van der Waals surface area (Å²) in [5, 5.41) is 12.0. The SMILES string of the molecule is Cc1ccc(-c2nnnn2CCC2CCOC2)cc1N. The van der Waals surface area contributed by atoms with E-state index in [1.54, 1.807) is 0 Å². The average molecular weight is 273 g/mol. The van der Waals surface area contributed by atoms with Crippen molar-refractivity contribution >= 4 is 5.69 Å². The van der Waals surface area contributed by atoms with E-state index >= 15 is 0 Å². The van der Waals surface area contributed by atoms with E-state index in [4.69, 9.17) is 10.5 Å². The van der Waals surface area contributed by atoms with E-state index in [0.717, 1.165) is 55.2 Å². The molecule has 1 aliphatic heterocycles. The maximum atomic E-state index is 5.96. The maximum absolute atomic E-state index is 5.96. The Labute approximate surface area is 117 Å². The zero-order chi connectivity index (χ0) is 13.9. The zero-order valence-corrected chi connectivity index (χ0v) is 11.6. The largest absolute Gasteiger partial charge is 0.398 e. The lowest BCUT2D eigenvalue weighted by atomic mass is 10.1. The average Bonchev–Trinajstić information content (AvgIpc) is 3.10. The van der Waals surface area contributed by atoms with Crippen LogP contribution in [-0.4, -0.2) is 33.4 Å². The van der Waals surface area contributed by atoms with Gasteiger partial charge in [0.2, 0.25) is 0 Å². The third-order valence-electron chi connectivity index (χ3n) is 3.84. The van der Waals surface area contributed by atoms with Crippen LogP contribution in [0.2, 0.25) is 0 Å². The lowest BCUT2D eigenvalue weighted by Gasteiger charge is -2.09. The molecule has 0 bridgehead atoms. The Kier molecular flexibility index (Phi) is 3.64. The summed E-state index contributed by atoms with van der Waals surface area (Å²) in [5.74, 6) is 1.39. The van der Waals surface area contributed by atoms with Crippen molar-refractivity contribution in [1.82, 2.24) is 20.2 Å². The number of nitrogens with zero attached hydrogens (tertiary/aromatic N) is 4. The molecule has 0 saturated carbocycles. The van der Waals surface area contributed by atoms with E-state index in [1.165, 1.54) is 0 Å². The van der Waals surface area contributed by atoms with Crippen LogP contribution >= 0.6 is 0 Å². The number of rotatable bonds is 4. The van der Waals surface area contributed by atoms with Crippen LogP contribution in [0.1, 0.15) is 18.4 Å². The number of aryl methyl sites for hydroxylation is 2. The highest BCUT2D eigenvalue weighted by Crippen LogP contribution is 2.23. The molecule has 3 rings (SSSR count). The topological polar surface area (TPSA) is 78.8 Å². The normalized spacial score (nSPS) is 18.6. The van der Waals surface area contributed by atoms with Gasteiger partial charge in [0.15, 0.2) is 5.82 Å². The van der Waals surface area contributed by atoms with Gasteiger partial charge in [-0.3, -0.25) is 0 Å². The van der Waals surface area contributed by atoms with Gasteiger partial charge in [0.05, 0.1) is 0 Å². The summed E-state index contributed by atoms with van der Waals surface area (Å²) in [5.41, 5.74) is 8.75. The molecule has 106 valence electrons. The van der Waals surface area contributed by atoms with Gasteiger partial charge in [-0.25, -0.2) is 4.68 Å². The van der Waals surface area contributed by atoms with E-state index in [9.17, 15) is 0 Å². The second-order valence-electron chi connectivity index (χ2n) is 5.32. The van der Waals surface area contributed by atoms with Crippen molar-refractivity contribution in [3.05, 3.63) is 23.8 Å². The molecule has 0 aliphatic carbocycles. The Morgan fingerprint density at radius 2 is 2.35 bits per heavy atom. The molecule has 0 radical (unpaired) electrons. The smallest absolute Gasteiger partial charge is 0.182 e. The highest BCUT2D eigenvalue weighted by Gasteiger charge is 2.17. The fourth-order valence-corrected chi connectivity index (χ4v) is 2.46. The number of hydrogen-bond donors (Lipinski definition) is 1. The maximum Gasteiger partial charge on any atom is 0.182 e. The first-order valence-electron chi connectivity index (χ1n) is 6.94. The van der Waals surface area contributed by atoms with Crippen molar-refractivity contribution in [2.75, 3.05) is 18.9 Å². The van der Waals surface area contributed by atoms with Crippen molar-refractivity contribution in [1.29, 1.82) is 0 Å². The van der Waals surface area contributed by atoms with Crippen molar-refractivity contribution in [2.45, 2.75) is 26.3 Å². The molecule has 0 spiro atoms. The fourth-order valence-electron chi connectivity index (χ4n) is 2.46. The molecule has 1 aromatic heterocycles. The second-order valence-corrected chi connectivity index (χ2v) is 5.32. The van der Waals surface area contributed by atoms with Crippen LogP contribution in [0.25, 0.3) is 11.4 Å². The van der Waals surface area contributed by atoms with Crippen LogP contribution in [-0.2, 0) is 11.3 Å². The molecular formula is C14H19N5O. The predicted octanol–water partition coefficient (Wildman–Crippen LogP) is 1.66. The Morgan fingerprint density at radius 1 is 1.45 bits per heavy atom. The summed E-state index contributed by atoms with van der Waals surface area (Å²) in [6.07, 6.45) is 2.17. The number of nitrogens with two attached hydrogens (primary N) is 1. The molecule has 1 saturated heterocycles. The minimum absolute atomic E-state index is 0.620. The Morgan fingerprint density at radius 3 is 3.10 bits per heavy atom. The molecule has 2 heterocycles. The third-order valence-corrected chi connectivity index (χ3v) is 3.84. The Hall–Kier alpha value is -1.95. The second kappa shape index (κ2) is 5.58. The van der Waals surface area contributed by atoms with Gasteiger partial charge in [-0.05, 0) is 47.7 Å². The summed E-state index contributed by atoms with van der Waals surface area (Å²) >= 11 is 0. The van der Waals surface area contributed by atoms with E-state index < -0.39 is 0 Å². The third kappa shape index (κ3) is 2.65. The van der Waals surface area contributed by atoms with Crippen LogP contribution < -0.4 is 5.73 Å². The number of nitrogen functional groups attached to an aromatic ring is 1. The molecule has 0 amide bonds. The lowest BCUT2D eigenvalue weighted by Crippen LogP contribution is -2.09. The molecule has 1 aliphatic rings. The molecule has 20 heavy (non-hydrogen) atoms. The molecule has 2 aromatic rings. The molecule has 1 fully saturated rings. The van der Waals surface area contributed by atoms with Crippen LogP contribution in [0.15, 0.2) is 18.2 Å². The highest BCUT2D eigenvalue weighted by molar-refractivity contribution is 5.63. The van der Waals surface area contributed by atoms with Gasteiger partial charge in [0, 0.05) is 31.0 Å². The van der Waals surface area contributed by atoms with E-state index in [2.05, 4.69) is 15.5 Å². The zero-order valence-electron chi connectivity index (χ0n) is 11.6. The van der Waals surface area contributed by atoms with Crippen LogP contribution in [0.3, 0.4) is 0 Å². The number of benzene rings is 1. The molecule has 2 N–H and O–H groups in total. The minimum Gasteiger partial charge on any atom is -0.398 e. The predicted molar refractivity (Wildman–Crippen MR) is 75.9 cm³/mol. The van der Waals surface area contributed by atoms with E-state index in [1.807, 2.05) is 29.8 Å². The number of anilines is 1. The molecule has 6 heteroatoms. The van der Waals surface area contributed by atoms with Gasteiger partial charge in [-0.2, -0.15) is 0 Å². The summed E-state index contributed by atoms with van der Waals surface area (Å²) in [4.78, 5) is 0. The van der Waals surface area contributed by atoms with Gasteiger partial charge in [0.1, 0.15) is 0 Å². The first-order valence-corrected chi connectivity index (χ1v) is 6.94. The number of tetrazole rings is 1. The summed E-state index contributed by atoms with van der Waals surface area (Å²) < 4.78 is 7.24. The first kappa shape index (κ1) is 13.1. The van der Waals surface area contributed by atoms with Gasteiger partial charge in [-0.15, -0.1) is 5.10 Å². The number of hydrogen-bond acceptors (Lipinski definition) is 5. The van der Waals surface area contributed by atoms with E-state index in [0.29, 0.717) is 5.92 Å². The van der Waals surface area contributed by atoms with Gasteiger partial charge >= 0.3 is 0 Å². The van der Waals surface area contributed by atoms with Crippen molar-refractivity contribution in [2.24, 2.45) is 5.92 Å². The van der Waals surface area contributed by atoms with Gasteiger partial charge < -0.3 is 10.5 Å². The van der Waals surface area contributed by atoms with Crippen LogP contribution in [0.5, 0.6) is 0 Å². The quantitative estimate of drug-likeness (QED) is 0.857. The monoisotopic (exact) mass is 273 g/mol. The van der Waals surface area contributed by atoms with Crippen molar-refractivity contribution < 1.29 is 4.74 Å². The molecular weight excluding hydrogens is 254 g/mol. The van der Waals surface area contributed by atoms with Crippen LogP contribution in [0, 0.1) is 12.8 Å². The standard InChI is InChI=1S/C14H19N5O/c1-10-2-3-12(8-13(10)15)14-16-17-18-19(14)6-4-11-5-7-20-9-11/h2-3,8,11H,4-7,9,15H2,1H3. The minimum atomic E-state index is 0.620. The number of ether oxygens (including phenoxy) is 1. The van der Waals surface area contributed by atoms with Crippen molar-refractivity contribution in [3.63, 3.8) is 0 Å². The van der Waals surface area contributed by atoms with Gasteiger partial charge in [0.25, 0.3) is 0 Å². The lowest BCUT2D eigenvalue weighted by molar-refractivity contribution is 0.183. The molecule has 6 nitrogen and oxygen atoms in total. The summed E-state index contributed by atoms with van der Waals surface area (Å²) in [7, 11) is 0. The Bertz CT molecular complexity index is 589. The first-order chi connectivity index (χ1) is 9.74. The molecule has 1 aromatic carbocycles.